The van der Waals surface area contributed by atoms with Crippen molar-refractivity contribution >= 4 is 5.69 Å². The van der Waals surface area contributed by atoms with Crippen LogP contribution in [0.15, 0.2) is 30.6 Å². The summed E-state index contributed by atoms with van der Waals surface area (Å²) in [6, 6.07) is 5.01. The van der Waals surface area contributed by atoms with E-state index in [9.17, 15) is 9.50 Å². The SMILES string of the molecule is CCn1cc(CNC(C)c2cc(F)ccc2N2CCC(O)CC2)cn1. The number of anilines is 1. The fourth-order valence-corrected chi connectivity index (χ4v) is 3.32. The van der Waals surface area contributed by atoms with Gasteiger partial charge in [0.1, 0.15) is 5.82 Å². The molecule has 5 nitrogen and oxygen atoms in total. The van der Waals surface area contributed by atoms with Gasteiger partial charge >= 0.3 is 0 Å². The monoisotopic (exact) mass is 346 g/mol. The van der Waals surface area contributed by atoms with Crippen molar-refractivity contribution < 1.29 is 9.50 Å². The van der Waals surface area contributed by atoms with Crippen molar-refractivity contribution in [3.8, 4) is 0 Å². The van der Waals surface area contributed by atoms with E-state index < -0.39 is 0 Å². The molecule has 1 aliphatic heterocycles. The van der Waals surface area contributed by atoms with Gasteiger partial charge in [-0.3, -0.25) is 4.68 Å². The molecule has 0 aliphatic carbocycles. The lowest BCUT2D eigenvalue weighted by Gasteiger charge is -2.34. The number of aliphatic hydroxyl groups excluding tert-OH is 1. The molecular weight excluding hydrogens is 319 g/mol. The third-order valence-electron chi connectivity index (χ3n) is 4.88. The van der Waals surface area contributed by atoms with E-state index in [1.807, 2.05) is 23.1 Å². The number of aryl methyl sites for hydroxylation is 1. The molecule has 25 heavy (non-hydrogen) atoms. The number of benzene rings is 1. The summed E-state index contributed by atoms with van der Waals surface area (Å²) < 4.78 is 15.7. The number of piperidine rings is 1. The first kappa shape index (κ1) is 17.9. The van der Waals surface area contributed by atoms with E-state index in [0.717, 1.165) is 49.3 Å². The summed E-state index contributed by atoms with van der Waals surface area (Å²) >= 11 is 0. The zero-order valence-electron chi connectivity index (χ0n) is 15.0. The lowest BCUT2D eigenvalue weighted by Crippen LogP contribution is -2.37. The number of halogens is 1. The molecular formula is C19H27FN4O. The Balaban J connectivity index is 1.72. The summed E-state index contributed by atoms with van der Waals surface area (Å²) in [4.78, 5) is 2.24. The second-order valence-electron chi connectivity index (χ2n) is 6.73. The molecule has 2 aromatic rings. The Hall–Kier alpha value is -1.92. The molecule has 1 unspecified atom stereocenters. The van der Waals surface area contributed by atoms with Gasteiger partial charge in [0.05, 0.1) is 12.3 Å². The van der Waals surface area contributed by atoms with Crippen LogP contribution in [-0.4, -0.2) is 34.1 Å². The maximum atomic E-state index is 13.8. The molecule has 0 radical (unpaired) electrons. The van der Waals surface area contributed by atoms with Crippen molar-refractivity contribution in [3.05, 3.63) is 47.5 Å². The molecule has 0 bridgehead atoms. The molecule has 0 saturated carbocycles. The Morgan fingerprint density at radius 3 is 2.80 bits per heavy atom. The van der Waals surface area contributed by atoms with Crippen molar-refractivity contribution in [2.45, 2.75) is 51.9 Å². The van der Waals surface area contributed by atoms with E-state index >= 15 is 0 Å². The molecule has 2 heterocycles. The topological polar surface area (TPSA) is 53.3 Å². The van der Waals surface area contributed by atoms with Gasteiger partial charge in [-0.25, -0.2) is 4.39 Å². The zero-order chi connectivity index (χ0) is 17.8. The number of nitrogens with zero attached hydrogens (tertiary/aromatic N) is 3. The van der Waals surface area contributed by atoms with Crippen molar-refractivity contribution in [1.29, 1.82) is 0 Å². The summed E-state index contributed by atoms with van der Waals surface area (Å²) in [5.74, 6) is -0.219. The van der Waals surface area contributed by atoms with Crippen molar-refractivity contribution in [1.82, 2.24) is 15.1 Å². The van der Waals surface area contributed by atoms with Crippen LogP contribution in [0.2, 0.25) is 0 Å². The lowest BCUT2D eigenvalue weighted by atomic mass is 10.0. The Morgan fingerprint density at radius 2 is 2.12 bits per heavy atom. The third-order valence-corrected chi connectivity index (χ3v) is 4.88. The highest BCUT2D eigenvalue weighted by Crippen LogP contribution is 2.29. The number of nitrogens with one attached hydrogen (secondary N) is 1. The molecule has 0 spiro atoms. The number of hydrogen-bond donors (Lipinski definition) is 2. The number of rotatable bonds is 6. The summed E-state index contributed by atoms with van der Waals surface area (Å²) in [7, 11) is 0. The fourth-order valence-electron chi connectivity index (χ4n) is 3.32. The number of aliphatic hydroxyl groups is 1. The average molecular weight is 346 g/mol. The van der Waals surface area contributed by atoms with Gasteiger partial charge < -0.3 is 15.3 Å². The fraction of sp³-hybridized carbons (Fsp3) is 0.526. The van der Waals surface area contributed by atoms with E-state index in [2.05, 4.69) is 29.2 Å². The molecule has 2 N–H and O–H groups in total. The summed E-state index contributed by atoms with van der Waals surface area (Å²) in [5.41, 5.74) is 3.13. The van der Waals surface area contributed by atoms with E-state index in [-0.39, 0.29) is 18.0 Å². The van der Waals surface area contributed by atoms with Crippen LogP contribution in [0, 0.1) is 5.82 Å². The van der Waals surface area contributed by atoms with Crippen LogP contribution in [0.4, 0.5) is 10.1 Å². The number of hydrogen-bond acceptors (Lipinski definition) is 4. The molecule has 3 rings (SSSR count). The quantitative estimate of drug-likeness (QED) is 0.844. The first-order chi connectivity index (χ1) is 12.1. The van der Waals surface area contributed by atoms with Crippen LogP contribution in [0.25, 0.3) is 0 Å². The number of aromatic nitrogens is 2. The Kier molecular flexibility index (Phi) is 5.71. The first-order valence-corrected chi connectivity index (χ1v) is 9.04. The minimum absolute atomic E-state index is 0.0162. The van der Waals surface area contributed by atoms with E-state index in [1.54, 1.807) is 6.07 Å². The molecule has 1 aromatic carbocycles. The normalized spacial score (nSPS) is 17.0. The predicted octanol–water partition coefficient (Wildman–Crippen LogP) is 2.85. The van der Waals surface area contributed by atoms with E-state index in [0.29, 0.717) is 6.54 Å². The first-order valence-electron chi connectivity index (χ1n) is 9.04. The van der Waals surface area contributed by atoms with Crippen LogP contribution in [0.5, 0.6) is 0 Å². The Bertz CT molecular complexity index is 694. The second kappa shape index (κ2) is 7.97. The maximum Gasteiger partial charge on any atom is 0.123 e. The van der Waals surface area contributed by atoms with Gasteiger partial charge in [0.15, 0.2) is 0 Å². The molecule has 6 heteroatoms. The van der Waals surface area contributed by atoms with Crippen LogP contribution >= 0.6 is 0 Å². The minimum Gasteiger partial charge on any atom is -0.393 e. The maximum absolute atomic E-state index is 13.8. The standard InChI is InChI=1S/C19H27FN4O/c1-3-24-13-15(12-22-24)11-21-14(2)18-10-16(20)4-5-19(18)23-8-6-17(25)7-9-23/h4-5,10,12-14,17,21,25H,3,6-9,11H2,1-2H3. The van der Waals surface area contributed by atoms with Crippen molar-refractivity contribution in [2.75, 3.05) is 18.0 Å². The summed E-state index contributed by atoms with van der Waals surface area (Å²) in [6.07, 6.45) is 5.19. The van der Waals surface area contributed by atoms with Crippen molar-refractivity contribution in [2.24, 2.45) is 0 Å². The average Bonchev–Trinajstić information content (AvgIpc) is 3.08. The van der Waals surface area contributed by atoms with Gasteiger partial charge in [0, 0.05) is 49.7 Å². The van der Waals surface area contributed by atoms with Crippen molar-refractivity contribution in [3.63, 3.8) is 0 Å². The van der Waals surface area contributed by atoms with E-state index in [4.69, 9.17) is 0 Å². The molecule has 0 amide bonds. The van der Waals surface area contributed by atoms with Gasteiger partial charge in [-0.05, 0) is 50.5 Å². The summed E-state index contributed by atoms with van der Waals surface area (Å²) in [5, 5.41) is 17.5. The molecule has 1 saturated heterocycles. The largest absolute Gasteiger partial charge is 0.393 e. The van der Waals surface area contributed by atoms with Gasteiger partial charge in [0.2, 0.25) is 0 Å². The smallest absolute Gasteiger partial charge is 0.123 e. The molecule has 1 aromatic heterocycles. The Labute approximate surface area is 148 Å². The van der Waals surface area contributed by atoms with E-state index in [1.165, 1.54) is 6.07 Å². The van der Waals surface area contributed by atoms with Gasteiger partial charge in [-0.2, -0.15) is 5.10 Å². The van der Waals surface area contributed by atoms with Crippen LogP contribution in [-0.2, 0) is 13.1 Å². The zero-order valence-corrected chi connectivity index (χ0v) is 15.0. The molecule has 1 fully saturated rings. The molecule has 1 atom stereocenters. The van der Waals surface area contributed by atoms with Gasteiger partial charge in [0.25, 0.3) is 0 Å². The highest BCUT2D eigenvalue weighted by Gasteiger charge is 2.21. The molecule has 1 aliphatic rings. The Morgan fingerprint density at radius 1 is 1.36 bits per heavy atom. The summed E-state index contributed by atoms with van der Waals surface area (Å²) in [6.45, 7) is 7.26. The molecule has 136 valence electrons. The van der Waals surface area contributed by atoms with Crippen LogP contribution in [0.1, 0.15) is 43.9 Å². The third kappa shape index (κ3) is 4.38. The van der Waals surface area contributed by atoms with Crippen LogP contribution in [0.3, 0.4) is 0 Å². The van der Waals surface area contributed by atoms with Crippen LogP contribution < -0.4 is 10.2 Å². The predicted molar refractivity (Wildman–Crippen MR) is 97.0 cm³/mol. The highest BCUT2D eigenvalue weighted by molar-refractivity contribution is 5.55. The minimum atomic E-state index is -0.219. The van der Waals surface area contributed by atoms with Gasteiger partial charge in [-0.15, -0.1) is 0 Å². The second-order valence-corrected chi connectivity index (χ2v) is 6.73. The van der Waals surface area contributed by atoms with Gasteiger partial charge in [-0.1, -0.05) is 0 Å². The lowest BCUT2D eigenvalue weighted by molar-refractivity contribution is 0.145. The highest BCUT2D eigenvalue weighted by atomic mass is 19.1.